The third kappa shape index (κ3) is 1.89. The molecule has 0 atom stereocenters. The van der Waals surface area contributed by atoms with E-state index in [9.17, 15) is 0 Å². The SMILES string of the molecule is N#CCCc1csc(-c2c[nH]c3ccccc23)n1. The lowest BCUT2D eigenvalue weighted by molar-refractivity contribution is 0.969. The molecule has 0 unspecified atom stereocenters. The molecule has 3 nitrogen and oxygen atoms in total. The lowest BCUT2D eigenvalue weighted by atomic mass is 10.2. The lowest BCUT2D eigenvalue weighted by Crippen LogP contribution is -1.83. The summed E-state index contributed by atoms with van der Waals surface area (Å²) in [6.07, 6.45) is 3.25. The van der Waals surface area contributed by atoms with Gasteiger partial charge in [-0.25, -0.2) is 4.98 Å². The Kier molecular flexibility index (Phi) is 2.83. The van der Waals surface area contributed by atoms with Crippen LogP contribution >= 0.6 is 11.3 Å². The minimum atomic E-state index is 0.525. The predicted octanol–water partition coefficient (Wildman–Crippen LogP) is 3.75. The van der Waals surface area contributed by atoms with Crippen molar-refractivity contribution in [2.24, 2.45) is 0 Å². The van der Waals surface area contributed by atoms with Crippen molar-refractivity contribution in [3.63, 3.8) is 0 Å². The average molecular weight is 253 g/mol. The fraction of sp³-hybridized carbons (Fsp3) is 0.143. The van der Waals surface area contributed by atoms with Gasteiger partial charge in [0.15, 0.2) is 0 Å². The van der Waals surface area contributed by atoms with Crippen molar-refractivity contribution >= 4 is 22.2 Å². The van der Waals surface area contributed by atoms with Gasteiger partial charge < -0.3 is 4.98 Å². The quantitative estimate of drug-likeness (QED) is 0.773. The Morgan fingerprint density at radius 3 is 3.11 bits per heavy atom. The number of nitriles is 1. The van der Waals surface area contributed by atoms with E-state index in [4.69, 9.17) is 5.26 Å². The molecule has 1 aromatic carbocycles. The maximum atomic E-state index is 8.58. The van der Waals surface area contributed by atoms with Crippen molar-refractivity contribution < 1.29 is 0 Å². The first-order valence-corrected chi connectivity index (χ1v) is 6.64. The van der Waals surface area contributed by atoms with Gasteiger partial charge in [0, 0.05) is 40.9 Å². The van der Waals surface area contributed by atoms with Crippen molar-refractivity contribution in [2.75, 3.05) is 0 Å². The zero-order chi connectivity index (χ0) is 12.4. The molecule has 0 fully saturated rings. The Labute approximate surface area is 109 Å². The van der Waals surface area contributed by atoms with Crippen LogP contribution in [0.5, 0.6) is 0 Å². The highest BCUT2D eigenvalue weighted by atomic mass is 32.1. The Hall–Kier alpha value is -2.12. The topological polar surface area (TPSA) is 52.5 Å². The van der Waals surface area contributed by atoms with Crippen LogP contribution in [0.3, 0.4) is 0 Å². The minimum Gasteiger partial charge on any atom is -0.360 e. The average Bonchev–Trinajstić information content (AvgIpc) is 3.02. The molecule has 0 saturated heterocycles. The van der Waals surface area contributed by atoms with Gasteiger partial charge in [-0.15, -0.1) is 11.3 Å². The van der Waals surface area contributed by atoms with E-state index in [2.05, 4.69) is 28.2 Å². The summed E-state index contributed by atoms with van der Waals surface area (Å²) in [6, 6.07) is 10.3. The number of hydrogen-bond acceptors (Lipinski definition) is 3. The van der Waals surface area contributed by atoms with Crippen LogP contribution < -0.4 is 0 Å². The molecule has 1 N–H and O–H groups in total. The van der Waals surface area contributed by atoms with Crippen LogP contribution in [0, 0.1) is 11.3 Å². The molecule has 0 bridgehead atoms. The molecule has 0 radical (unpaired) electrons. The van der Waals surface area contributed by atoms with E-state index in [1.165, 1.54) is 5.39 Å². The van der Waals surface area contributed by atoms with Crippen LogP contribution in [0.2, 0.25) is 0 Å². The molecule has 0 spiro atoms. The summed E-state index contributed by atoms with van der Waals surface area (Å²) in [5.74, 6) is 0. The van der Waals surface area contributed by atoms with Crippen molar-refractivity contribution in [2.45, 2.75) is 12.8 Å². The summed E-state index contributed by atoms with van der Waals surface area (Å²) in [6.45, 7) is 0. The molecule has 3 aromatic rings. The molecule has 18 heavy (non-hydrogen) atoms. The second-order valence-corrected chi connectivity index (χ2v) is 4.91. The summed E-state index contributed by atoms with van der Waals surface area (Å²) >= 11 is 1.63. The zero-order valence-electron chi connectivity index (χ0n) is 9.68. The molecule has 0 aliphatic rings. The number of thiazole rings is 1. The molecule has 4 heteroatoms. The van der Waals surface area contributed by atoms with Crippen molar-refractivity contribution in [1.82, 2.24) is 9.97 Å². The number of aromatic amines is 1. The van der Waals surface area contributed by atoms with Crippen LogP contribution in [0.1, 0.15) is 12.1 Å². The number of aromatic nitrogens is 2. The largest absolute Gasteiger partial charge is 0.360 e. The van der Waals surface area contributed by atoms with Gasteiger partial charge in [0.2, 0.25) is 0 Å². The first kappa shape index (κ1) is 11.0. The van der Waals surface area contributed by atoms with E-state index in [1.807, 2.05) is 23.7 Å². The number of nitrogens with zero attached hydrogens (tertiary/aromatic N) is 2. The number of aryl methyl sites for hydroxylation is 1. The molecule has 0 amide bonds. The summed E-state index contributed by atoms with van der Waals surface area (Å²) in [5.41, 5.74) is 3.27. The molecule has 0 saturated carbocycles. The third-order valence-corrected chi connectivity index (χ3v) is 3.79. The monoisotopic (exact) mass is 253 g/mol. The second kappa shape index (κ2) is 4.63. The molecule has 2 aromatic heterocycles. The highest BCUT2D eigenvalue weighted by Crippen LogP contribution is 2.30. The number of nitrogens with one attached hydrogen (secondary N) is 1. The predicted molar refractivity (Wildman–Crippen MR) is 73.3 cm³/mol. The number of fused-ring (bicyclic) bond motifs is 1. The minimum absolute atomic E-state index is 0.525. The Morgan fingerprint density at radius 2 is 2.22 bits per heavy atom. The molecule has 0 aliphatic heterocycles. The van der Waals surface area contributed by atoms with Crippen molar-refractivity contribution in [1.29, 1.82) is 5.26 Å². The maximum Gasteiger partial charge on any atom is 0.125 e. The van der Waals surface area contributed by atoms with E-state index in [0.717, 1.165) is 28.2 Å². The van der Waals surface area contributed by atoms with E-state index in [-0.39, 0.29) is 0 Å². The fourth-order valence-corrected chi connectivity index (χ4v) is 2.86. The molecule has 0 aliphatic carbocycles. The number of H-pyrrole nitrogens is 1. The van der Waals surface area contributed by atoms with E-state index in [0.29, 0.717) is 6.42 Å². The first-order chi connectivity index (χ1) is 8.88. The Morgan fingerprint density at radius 1 is 1.33 bits per heavy atom. The van der Waals surface area contributed by atoms with Gasteiger partial charge in [0.1, 0.15) is 5.01 Å². The smallest absolute Gasteiger partial charge is 0.125 e. The van der Waals surface area contributed by atoms with Gasteiger partial charge in [0.05, 0.1) is 11.8 Å². The maximum absolute atomic E-state index is 8.58. The van der Waals surface area contributed by atoms with Gasteiger partial charge in [-0.3, -0.25) is 0 Å². The number of rotatable bonds is 3. The zero-order valence-corrected chi connectivity index (χ0v) is 10.5. The summed E-state index contributed by atoms with van der Waals surface area (Å²) in [5, 5.41) is 12.8. The third-order valence-electron chi connectivity index (χ3n) is 2.86. The van der Waals surface area contributed by atoms with Crippen LogP contribution in [0.25, 0.3) is 21.5 Å². The van der Waals surface area contributed by atoms with Crippen molar-refractivity contribution in [3.8, 4) is 16.6 Å². The van der Waals surface area contributed by atoms with E-state index in [1.54, 1.807) is 11.3 Å². The van der Waals surface area contributed by atoms with E-state index >= 15 is 0 Å². The summed E-state index contributed by atoms with van der Waals surface area (Å²) in [7, 11) is 0. The van der Waals surface area contributed by atoms with E-state index < -0.39 is 0 Å². The highest BCUT2D eigenvalue weighted by molar-refractivity contribution is 7.13. The number of para-hydroxylation sites is 1. The number of benzene rings is 1. The standard InChI is InChI=1S/C14H11N3S/c15-7-3-4-10-9-18-14(17-10)12-8-16-13-6-2-1-5-11(12)13/h1-2,5-6,8-9,16H,3-4H2. The Balaban J connectivity index is 1.99. The highest BCUT2D eigenvalue weighted by Gasteiger charge is 2.09. The van der Waals surface area contributed by atoms with Gasteiger partial charge in [-0.05, 0) is 6.07 Å². The normalized spacial score (nSPS) is 10.6. The van der Waals surface area contributed by atoms with Gasteiger partial charge in [-0.2, -0.15) is 5.26 Å². The van der Waals surface area contributed by atoms with Crippen LogP contribution in [0.15, 0.2) is 35.8 Å². The lowest BCUT2D eigenvalue weighted by Gasteiger charge is -1.93. The molecule has 88 valence electrons. The fourth-order valence-electron chi connectivity index (χ4n) is 1.98. The Bertz CT molecular complexity index is 718. The van der Waals surface area contributed by atoms with Gasteiger partial charge in [-0.1, -0.05) is 18.2 Å². The number of hydrogen-bond donors (Lipinski definition) is 1. The summed E-state index contributed by atoms with van der Waals surface area (Å²) < 4.78 is 0. The van der Waals surface area contributed by atoms with Gasteiger partial charge >= 0.3 is 0 Å². The molecule has 2 heterocycles. The van der Waals surface area contributed by atoms with Crippen LogP contribution in [-0.2, 0) is 6.42 Å². The van der Waals surface area contributed by atoms with Crippen molar-refractivity contribution in [3.05, 3.63) is 41.5 Å². The van der Waals surface area contributed by atoms with Crippen LogP contribution in [-0.4, -0.2) is 9.97 Å². The van der Waals surface area contributed by atoms with Crippen LogP contribution in [0.4, 0.5) is 0 Å². The molecular formula is C14H11N3S. The second-order valence-electron chi connectivity index (χ2n) is 4.05. The first-order valence-electron chi connectivity index (χ1n) is 5.76. The van der Waals surface area contributed by atoms with Gasteiger partial charge in [0.25, 0.3) is 0 Å². The summed E-state index contributed by atoms with van der Waals surface area (Å²) in [4.78, 5) is 7.84. The molecule has 3 rings (SSSR count). The molecular weight excluding hydrogens is 242 g/mol.